The van der Waals surface area contributed by atoms with E-state index in [1.54, 1.807) is 0 Å². The highest BCUT2D eigenvalue weighted by Crippen LogP contribution is 2.11. The molecule has 0 aromatic heterocycles. The number of rotatable bonds is 0. The molecule has 0 aromatic carbocycles. The third-order valence-corrected chi connectivity index (χ3v) is 1.57. The van der Waals surface area contributed by atoms with Gasteiger partial charge in [-0.1, -0.05) is 11.8 Å². The van der Waals surface area contributed by atoms with E-state index in [4.69, 9.17) is 10.5 Å². The topological polar surface area (TPSA) is 35.2 Å². The predicted octanol–water partition coefficient (Wildman–Crippen LogP) is 0.375. The van der Waals surface area contributed by atoms with E-state index in [2.05, 4.69) is 11.8 Å². The molecule has 2 heteroatoms. The van der Waals surface area contributed by atoms with Gasteiger partial charge in [-0.3, -0.25) is 0 Å². The van der Waals surface area contributed by atoms with E-state index < -0.39 is 0 Å². The molecule has 10 heavy (non-hydrogen) atoms. The molecular weight excluding hydrogens is 126 g/mol. The predicted molar refractivity (Wildman–Crippen MR) is 40.4 cm³/mol. The quantitative estimate of drug-likeness (QED) is 0.492. The summed E-state index contributed by atoms with van der Waals surface area (Å²) >= 11 is 0. The summed E-state index contributed by atoms with van der Waals surface area (Å²) in [7, 11) is 0. The van der Waals surface area contributed by atoms with Gasteiger partial charge in [0.15, 0.2) is 0 Å². The molecule has 1 aliphatic heterocycles. The molecule has 1 heterocycles. The summed E-state index contributed by atoms with van der Waals surface area (Å²) in [5, 5.41) is 0. The van der Waals surface area contributed by atoms with Crippen LogP contribution in [-0.4, -0.2) is 19.8 Å². The summed E-state index contributed by atoms with van der Waals surface area (Å²) in [5.74, 6) is 6.38. The molecular formula is C8H13NO. The van der Waals surface area contributed by atoms with Gasteiger partial charge in [-0.05, 0) is 12.8 Å². The van der Waals surface area contributed by atoms with E-state index in [0.717, 1.165) is 19.6 Å². The monoisotopic (exact) mass is 139 g/mol. The van der Waals surface area contributed by atoms with Gasteiger partial charge in [0.1, 0.15) is 0 Å². The smallest absolute Gasteiger partial charge is 0.0603 e. The normalized spacial score (nSPS) is 25.1. The molecule has 0 bridgehead atoms. The Balaban J connectivity index is 2.25. The Bertz CT molecular complexity index is 139. The summed E-state index contributed by atoms with van der Waals surface area (Å²) in [6.45, 7) is 2.17. The van der Waals surface area contributed by atoms with Crippen molar-refractivity contribution in [3.05, 3.63) is 0 Å². The van der Waals surface area contributed by atoms with Crippen LogP contribution in [0.3, 0.4) is 0 Å². The lowest BCUT2D eigenvalue weighted by molar-refractivity contribution is 0.0739. The second-order valence-electron chi connectivity index (χ2n) is 2.44. The van der Waals surface area contributed by atoms with Crippen molar-refractivity contribution in [1.29, 1.82) is 0 Å². The van der Waals surface area contributed by atoms with Crippen LogP contribution in [0.5, 0.6) is 0 Å². The minimum atomic E-state index is 0.442. The molecule has 1 rings (SSSR count). The lowest BCUT2D eigenvalue weighted by atomic mass is 10.0. The molecule has 1 fully saturated rings. The van der Waals surface area contributed by atoms with Crippen molar-refractivity contribution in [2.75, 3.05) is 19.8 Å². The van der Waals surface area contributed by atoms with Crippen molar-refractivity contribution in [2.24, 2.45) is 11.7 Å². The number of ether oxygens (including phenoxy) is 1. The van der Waals surface area contributed by atoms with Gasteiger partial charge in [-0.15, -0.1) is 0 Å². The minimum Gasteiger partial charge on any atom is -0.380 e. The van der Waals surface area contributed by atoms with Crippen LogP contribution in [0, 0.1) is 17.8 Å². The lowest BCUT2D eigenvalue weighted by Crippen LogP contribution is -2.15. The van der Waals surface area contributed by atoms with Gasteiger partial charge in [0, 0.05) is 12.5 Å². The maximum atomic E-state index is 5.24. The molecule has 1 saturated heterocycles. The summed E-state index contributed by atoms with van der Waals surface area (Å²) < 4.78 is 5.24. The van der Waals surface area contributed by atoms with Gasteiger partial charge in [0.05, 0.1) is 13.2 Å². The Morgan fingerprint density at radius 2 is 2.50 bits per heavy atom. The van der Waals surface area contributed by atoms with E-state index >= 15 is 0 Å². The van der Waals surface area contributed by atoms with Crippen LogP contribution in [0.1, 0.15) is 12.8 Å². The fourth-order valence-corrected chi connectivity index (χ4v) is 1.06. The summed E-state index contributed by atoms with van der Waals surface area (Å²) in [6.07, 6.45) is 2.32. The third-order valence-electron chi connectivity index (χ3n) is 1.57. The molecule has 1 aliphatic rings. The Morgan fingerprint density at radius 3 is 3.10 bits per heavy atom. The summed E-state index contributed by atoms with van der Waals surface area (Å²) in [6, 6.07) is 0. The maximum absolute atomic E-state index is 5.24. The van der Waals surface area contributed by atoms with Crippen LogP contribution >= 0.6 is 0 Å². The van der Waals surface area contributed by atoms with Crippen LogP contribution in [-0.2, 0) is 4.74 Å². The summed E-state index contributed by atoms with van der Waals surface area (Å²) in [4.78, 5) is 0. The molecule has 2 nitrogen and oxygen atoms in total. The molecule has 0 aliphatic carbocycles. The highest BCUT2D eigenvalue weighted by atomic mass is 16.5. The number of hydrogen-bond donors (Lipinski definition) is 1. The molecule has 0 amide bonds. The molecule has 56 valence electrons. The SMILES string of the molecule is NCC#CC1CCCOC1. The highest BCUT2D eigenvalue weighted by molar-refractivity contribution is 5.05. The molecule has 0 radical (unpaired) electrons. The first-order valence-corrected chi connectivity index (χ1v) is 3.69. The van der Waals surface area contributed by atoms with Crippen molar-refractivity contribution in [1.82, 2.24) is 0 Å². The van der Waals surface area contributed by atoms with Crippen LogP contribution in [0.4, 0.5) is 0 Å². The van der Waals surface area contributed by atoms with Gasteiger partial charge >= 0.3 is 0 Å². The molecule has 0 spiro atoms. The minimum absolute atomic E-state index is 0.442. The second kappa shape index (κ2) is 4.32. The van der Waals surface area contributed by atoms with E-state index in [1.807, 2.05) is 0 Å². The first-order valence-electron chi connectivity index (χ1n) is 3.69. The number of hydrogen-bond acceptors (Lipinski definition) is 2. The second-order valence-corrected chi connectivity index (χ2v) is 2.44. The van der Waals surface area contributed by atoms with Crippen molar-refractivity contribution in [3.8, 4) is 11.8 Å². The highest BCUT2D eigenvalue weighted by Gasteiger charge is 2.09. The van der Waals surface area contributed by atoms with Crippen molar-refractivity contribution in [3.63, 3.8) is 0 Å². The Labute approximate surface area is 61.7 Å². The van der Waals surface area contributed by atoms with E-state index in [-0.39, 0.29) is 0 Å². The molecule has 1 atom stereocenters. The average Bonchev–Trinajstić information content (AvgIpc) is 2.03. The van der Waals surface area contributed by atoms with Gasteiger partial charge < -0.3 is 10.5 Å². The Kier molecular flexibility index (Phi) is 3.28. The van der Waals surface area contributed by atoms with Gasteiger partial charge in [0.25, 0.3) is 0 Å². The fraction of sp³-hybridized carbons (Fsp3) is 0.750. The van der Waals surface area contributed by atoms with Crippen LogP contribution < -0.4 is 5.73 Å². The first-order chi connectivity index (χ1) is 4.93. The zero-order valence-corrected chi connectivity index (χ0v) is 6.10. The average molecular weight is 139 g/mol. The zero-order chi connectivity index (χ0) is 7.23. The van der Waals surface area contributed by atoms with Crippen molar-refractivity contribution < 1.29 is 4.74 Å². The molecule has 0 saturated carbocycles. The van der Waals surface area contributed by atoms with E-state index in [1.165, 1.54) is 6.42 Å². The van der Waals surface area contributed by atoms with Gasteiger partial charge in [-0.25, -0.2) is 0 Å². The molecule has 0 aromatic rings. The molecule has 1 unspecified atom stereocenters. The van der Waals surface area contributed by atoms with Crippen LogP contribution in [0.25, 0.3) is 0 Å². The van der Waals surface area contributed by atoms with Gasteiger partial charge in [0.2, 0.25) is 0 Å². The van der Waals surface area contributed by atoms with Crippen LogP contribution in [0.15, 0.2) is 0 Å². The first kappa shape index (κ1) is 7.59. The van der Waals surface area contributed by atoms with E-state index in [9.17, 15) is 0 Å². The van der Waals surface area contributed by atoms with Crippen molar-refractivity contribution >= 4 is 0 Å². The van der Waals surface area contributed by atoms with Crippen LogP contribution in [0.2, 0.25) is 0 Å². The van der Waals surface area contributed by atoms with Gasteiger partial charge in [-0.2, -0.15) is 0 Å². The maximum Gasteiger partial charge on any atom is 0.0603 e. The zero-order valence-electron chi connectivity index (χ0n) is 6.10. The Hall–Kier alpha value is -0.520. The summed E-state index contributed by atoms with van der Waals surface area (Å²) in [5.41, 5.74) is 5.23. The lowest BCUT2D eigenvalue weighted by Gasteiger charge is -2.16. The molecule has 2 N–H and O–H groups in total. The van der Waals surface area contributed by atoms with Crippen molar-refractivity contribution in [2.45, 2.75) is 12.8 Å². The largest absolute Gasteiger partial charge is 0.380 e. The Morgan fingerprint density at radius 1 is 1.60 bits per heavy atom. The number of nitrogens with two attached hydrogens (primary N) is 1. The van der Waals surface area contributed by atoms with E-state index in [0.29, 0.717) is 12.5 Å². The standard InChI is InChI=1S/C8H13NO/c9-5-1-3-8-4-2-6-10-7-8/h8H,2,4-7,9H2. The third kappa shape index (κ3) is 2.38. The fourth-order valence-electron chi connectivity index (χ4n) is 1.06.